The lowest BCUT2D eigenvalue weighted by Crippen LogP contribution is -2.03. The molecule has 0 aromatic heterocycles. The largest absolute Gasteiger partial charge is 0.276 e. The highest BCUT2D eigenvalue weighted by molar-refractivity contribution is 6.30. The summed E-state index contributed by atoms with van der Waals surface area (Å²) in [7, 11) is 0. The Balaban J connectivity index is 2.91. The lowest BCUT2D eigenvalue weighted by molar-refractivity contribution is 0.225. The molecule has 1 aromatic rings. The average Bonchev–Trinajstić information content (AvgIpc) is 2.04. The minimum absolute atomic E-state index is 0.206. The van der Waals surface area contributed by atoms with Crippen molar-refractivity contribution in [1.82, 2.24) is 0 Å². The summed E-state index contributed by atoms with van der Waals surface area (Å²) in [5.74, 6) is 0. The molecule has 0 unspecified atom stereocenters. The fourth-order valence-electron chi connectivity index (χ4n) is 0.798. The van der Waals surface area contributed by atoms with Gasteiger partial charge in [-0.3, -0.25) is 4.99 Å². The second kappa shape index (κ2) is 4.33. The van der Waals surface area contributed by atoms with Crippen molar-refractivity contribution in [3.05, 3.63) is 29.3 Å². The Kier molecular flexibility index (Phi) is 3.37. The van der Waals surface area contributed by atoms with Gasteiger partial charge in [0.25, 0.3) is 6.43 Å². The van der Waals surface area contributed by atoms with E-state index < -0.39 is 6.43 Å². The second-order valence-corrected chi connectivity index (χ2v) is 2.97. The highest BCUT2D eigenvalue weighted by Crippen LogP contribution is 2.18. The van der Waals surface area contributed by atoms with E-state index in [0.29, 0.717) is 10.7 Å². The molecule has 13 heavy (non-hydrogen) atoms. The van der Waals surface area contributed by atoms with E-state index in [9.17, 15) is 8.78 Å². The molecule has 0 amide bonds. The van der Waals surface area contributed by atoms with Crippen molar-refractivity contribution in [2.45, 2.75) is 13.3 Å². The summed E-state index contributed by atoms with van der Waals surface area (Å²) in [6, 6.07) is 6.49. The summed E-state index contributed by atoms with van der Waals surface area (Å²) in [5.41, 5.74) is 0.243. The van der Waals surface area contributed by atoms with E-state index >= 15 is 0 Å². The minimum atomic E-state index is -2.51. The summed E-state index contributed by atoms with van der Waals surface area (Å²) in [5, 5.41) is 0.489. The van der Waals surface area contributed by atoms with Gasteiger partial charge in [0, 0.05) is 5.02 Å². The van der Waals surface area contributed by atoms with Crippen molar-refractivity contribution >= 4 is 23.0 Å². The molecule has 0 N–H and O–H groups in total. The van der Waals surface area contributed by atoms with Crippen molar-refractivity contribution in [1.29, 1.82) is 0 Å². The maximum absolute atomic E-state index is 12.1. The molecule has 0 spiro atoms. The molecule has 0 bridgehead atoms. The SMILES string of the molecule is C/C(=N\c1cccc(Cl)c1)C(F)F. The zero-order valence-electron chi connectivity index (χ0n) is 6.97. The molecule has 70 valence electrons. The van der Waals surface area contributed by atoms with Crippen molar-refractivity contribution in [2.75, 3.05) is 0 Å². The van der Waals surface area contributed by atoms with Crippen LogP contribution in [0.15, 0.2) is 29.3 Å². The molecule has 4 heteroatoms. The van der Waals surface area contributed by atoms with Gasteiger partial charge in [-0.2, -0.15) is 0 Å². The van der Waals surface area contributed by atoms with E-state index in [-0.39, 0.29) is 5.71 Å². The molecule has 0 aliphatic rings. The molecule has 0 aliphatic carbocycles. The van der Waals surface area contributed by atoms with Crippen LogP contribution in [-0.4, -0.2) is 12.1 Å². The third kappa shape index (κ3) is 3.11. The van der Waals surface area contributed by atoms with E-state index in [2.05, 4.69) is 4.99 Å². The van der Waals surface area contributed by atoms with Crippen LogP contribution in [0.1, 0.15) is 6.92 Å². The predicted molar refractivity (Wildman–Crippen MR) is 50.2 cm³/mol. The first-order chi connectivity index (χ1) is 6.09. The molecule has 1 rings (SSSR count). The van der Waals surface area contributed by atoms with Crippen LogP contribution in [0.3, 0.4) is 0 Å². The van der Waals surface area contributed by atoms with E-state index in [4.69, 9.17) is 11.6 Å². The Morgan fingerprint density at radius 3 is 2.69 bits per heavy atom. The van der Waals surface area contributed by atoms with Gasteiger partial charge in [-0.25, -0.2) is 8.78 Å². The number of nitrogens with zero attached hydrogens (tertiary/aromatic N) is 1. The number of rotatable bonds is 2. The summed E-state index contributed by atoms with van der Waals surface area (Å²) in [6.07, 6.45) is -2.51. The third-order valence-corrected chi connectivity index (χ3v) is 1.66. The van der Waals surface area contributed by atoms with Crippen LogP contribution in [0.2, 0.25) is 5.02 Å². The summed E-state index contributed by atoms with van der Waals surface area (Å²) in [4.78, 5) is 3.70. The average molecular weight is 204 g/mol. The molecule has 0 radical (unpaired) electrons. The van der Waals surface area contributed by atoms with Crippen molar-refractivity contribution in [2.24, 2.45) is 4.99 Å². The van der Waals surface area contributed by atoms with E-state index in [1.54, 1.807) is 18.2 Å². The summed E-state index contributed by atoms with van der Waals surface area (Å²) >= 11 is 5.65. The Morgan fingerprint density at radius 2 is 2.15 bits per heavy atom. The number of hydrogen-bond acceptors (Lipinski definition) is 1. The predicted octanol–water partition coefficient (Wildman–Crippen LogP) is 3.70. The van der Waals surface area contributed by atoms with Crippen LogP contribution in [0.4, 0.5) is 14.5 Å². The summed E-state index contributed by atoms with van der Waals surface area (Å²) in [6.45, 7) is 1.28. The summed E-state index contributed by atoms with van der Waals surface area (Å²) < 4.78 is 24.1. The highest BCUT2D eigenvalue weighted by atomic mass is 35.5. The zero-order valence-corrected chi connectivity index (χ0v) is 7.72. The third-order valence-electron chi connectivity index (χ3n) is 1.43. The quantitative estimate of drug-likeness (QED) is 0.650. The highest BCUT2D eigenvalue weighted by Gasteiger charge is 2.06. The molecular formula is C9H8ClF2N. The fourth-order valence-corrected chi connectivity index (χ4v) is 0.983. The van der Waals surface area contributed by atoms with Crippen LogP contribution in [0.5, 0.6) is 0 Å². The number of hydrogen-bond donors (Lipinski definition) is 0. The van der Waals surface area contributed by atoms with Gasteiger partial charge in [0.2, 0.25) is 0 Å². The van der Waals surface area contributed by atoms with Crippen molar-refractivity contribution < 1.29 is 8.78 Å². The lowest BCUT2D eigenvalue weighted by Gasteiger charge is -1.98. The van der Waals surface area contributed by atoms with E-state index in [1.807, 2.05) is 0 Å². The van der Waals surface area contributed by atoms with Gasteiger partial charge in [0.05, 0.1) is 11.4 Å². The lowest BCUT2D eigenvalue weighted by atomic mass is 10.3. The Morgan fingerprint density at radius 1 is 1.46 bits per heavy atom. The van der Waals surface area contributed by atoms with Crippen LogP contribution < -0.4 is 0 Å². The number of halogens is 3. The molecule has 0 saturated carbocycles. The normalized spacial score (nSPS) is 12.2. The van der Waals surface area contributed by atoms with Crippen LogP contribution in [0.25, 0.3) is 0 Å². The number of benzene rings is 1. The minimum Gasteiger partial charge on any atom is -0.252 e. The Bertz CT molecular complexity index is 323. The Labute approximate surface area is 80.1 Å². The molecular weight excluding hydrogens is 196 g/mol. The zero-order chi connectivity index (χ0) is 9.84. The number of alkyl halides is 2. The molecule has 1 aromatic carbocycles. The van der Waals surface area contributed by atoms with Gasteiger partial charge in [0.1, 0.15) is 0 Å². The molecule has 0 saturated heterocycles. The Hall–Kier alpha value is -0.960. The first kappa shape index (κ1) is 10.1. The molecule has 0 heterocycles. The smallest absolute Gasteiger partial charge is 0.252 e. The monoisotopic (exact) mass is 203 g/mol. The fraction of sp³-hybridized carbons (Fsp3) is 0.222. The van der Waals surface area contributed by atoms with Gasteiger partial charge in [-0.05, 0) is 25.1 Å². The van der Waals surface area contributed by atoms with Gasteiger partial charge >= 0.3 is 0 Å². The maximum Gasteiger partial charge on any atom is 0.276 e. The van der Waals surface area contributed by atoms with Crippen LogP contribution in [0, 0.1) is 0 Å². The first-order valence-corrected chi connectivity index (χ1v) is 4.06. The second-order valence-electron chi connectivity index (χ2n) is 2.53. The van der Waals surface area contributed by atoms with E-state index in [0.717, 1.165) is 0 Å². The maximum atomic E-state index is 12.1. The van der Waals surface area contributed by atoms with Crippen molar-refractivity contribution in [3.63, 3.8) is 0 Å². The number of aliphatic imine (C=N–C) groups is 1. The standard InChI is InChI=1S/C9H8ClF2N/c1-6(9(11)12)13-8-4-2-3-7(10)5-8/h2-5,9H,1H3/b13-6+. The molecule has 0 aliphatic heterocycles. The van der Waals surface area contributed by atoms with Gasteiger partial charge in [-0.1, -0.05) is 17.7 Å². The van der Waals surface area contributed by atoms with Crippen LogP contribution >= 0.6 is 11.6 Å². The van der Waals surface area contributed by atoms with Gasteiger partial charge in [-0.15, -0.1) is 0 Å². The van der Waals surface area contributed by atoms with Gasteiger partial charge in [0.15, 0.2) is 0 Å². The molecule has 0 fully saturated rings. The van der Waals surface area contributed by atoms with Crippen molar-refractivity contribution in [3.8, 4) is 0 Å². The van der Waals surface area contributed by atoms with Gasteiger partial charge < -0.3 is 0 Å². The molecule has 1 nitrogen and oxygen atoms in total. The van der Waals surface area contributed by atoms with Crippen LogP contribution in [-0.2, 0) is 0 Å². The molecule has 0 atom stereocenters. The van der Waals surface area contributed by atoms with E-state index in [1.165, 1.54) is 13.0 Å². The first-order valence-electron chi connectivity index (χ1n) is 3.68. The topological polar surface area (TPSA) is 12.4 Å².